The molecule has 4 N–H and O–H groups in total. The van der Waals surface area contributed by atoms with E-state index in [1.807, 2.05) is 0 Å². The molecule has 3 rings (SSSR count). The first kappa shape index (κ1) is 20.1. The molecule has 0 radical (unpaired) electrons. The van der Waals surface area contributed by atoms with E-state index < -0.39 is 42.1 Å². The predicted molar refractivity (Wildman–Crippen MR) is 90.9 cm³/mol. The lowest BCUT2D eigenvalue weighted by atomic mass is 9.96. The van der Waals surface area contributed by atoms with Crippen molar-refractivity contribution in [1.29, 1.82) is 0 Å². The molecule has 0 spiro atoms. The summed E-state index contributed by atoms with van der Waals surface area (Å²) in [5, 5.41) is 38.7. The van der Waals surface area contributed by atoms with Gasteiger partial charge in [-0.25, -0.2) is 9.59 Å². The summed E-state index contributed by atoms with van der Waals surface area (Å²) in [5.74, 6) is -4.08. The van der Waals surface area contributed by atoms with Crippen LogP contribution in [0.4, 0.5) is 0 Å². The first-order chi connectivity index (χ1) is 13.3. The fourth-order valence-electron chi connectivity index (χ4n) is 3.12. The van der Waals surface area contributed by atoms with Gasteiger partial charge in [0.1, 0.15) is 24.9 Å². The number of ether oxygens (including phenoxy) is 4. The highest BCUT2D eigenvalue weighted by atomic mass is 16.8. The molecule has 1 aromatic carbocycles. The molecule has 152 valence electrons. The Hall–Kier alpha value is -2.66. The van der Waals surface area contributed by atoms with Crippen LogP contribution < -0.4 is 0 Å². The number of aliphatic hydroxyl groups excluding tert-OH is 2. The lowest BCUT2D eigenvalue weighted by Crippen LogP contribution is -2.54. The molecular formula is C18H20O10. The van der Waals surface area contributed by atoms with Gasteiger partial charge in [0.05, 0.1) is 13.2 Å². The van der Waals surface area contributed by atoms with Crippen LogP contribution >= 0.6 is 0 Å². The summed E-state index contributed by atoms with van der Waals surface area (Å²) in [5.41, 5.74) is 0.451. The molecule has 0 aromatic heterocycles. The van der Waals surface area contributed by atoms with E-state index in [0.29, 0.717) is 5.56 Å². The molecule has 0 saturated carbocycles. The lowest BCUT2D eigenvalue weighted by Gasteiger charge is -2.34. The third-order valence-corrected chi connectivity index (χ3v) is 4.54. The van der Waals surface area contributed by atoms with E-state index in [1.165, 1.54) is 24.3 Å². The Bertz CT molecular complexity index is 791. The molecule has 1 aromatic rings. The Kier molecular flexibility index (Phi) is 5.57. The fourth-order valence-corrected chi connectivity index (χ4v) is 3.12. The number of hydrogen-bond donors (Lipinski definition) is 4. The van der Waals surface area contributed by atoms with Crippen LogP contribution in [0.2, 0.25) is 0 Å². The van der Waals surface area contributed by atoms with E-state index in [4.69, 9.17) is 14.2 Å². The van der Waals surface area contributed by atoms with Crippen molar-refractivity contribution in [2.45, 2.75) is 36.6 Å². The van der Waals surface area contributed by atoms with Crippen molar-refractivity contribution in [1.82, 2.24) is 0 Å². The maximum atomic E-state index is 12.0. The van der Waals surface area contributed by atoms with E-state index in [1.54, 1.807) is 0 Å². The summed E-state index contributed by atoms with van der Waals surface area (Å²) in [6, 6.07) is 4.00. The van der Waals surface area contributed by atoms with Crippen molar-refractivity contribution >= 4 is 18.0 Å². The molecule has 2 bridgehead atoms. The Labute approximate surface area is 159 Å². The third-order valence-electron chi connectivity index (χ3n) is 4.54. The second-order valence-electron chi connectivity index (χ2n) is 6.46. The SMILES string of the molecule is COC(=O)C12CC(O)C(O)C(O1)C(COC(=O)/C=C/c1ccc(O)c(O)c1)O2. The van der Waals surface area contributed by atoms with Crippen LogP contribution in [0.5, 0.6) is 11.5 Å². The topological polar surface area (TPSA) is 152 Å². The summed E-state index contributed by atoms with van der Waals surface area (Å²) in [6.45, 7) is -0.336. The zero-order valence-corrected chi connectivity index (χ0v) is 14.8. The molecule has 10 heteroatoms. The summed E-state index contributed by atoms with van der Waals surface area (Å²) >= 11 is 0. The number of fused-ring (bicyclic) bond motifs is 2. The molecule has 2 aliphatic heterocycles. The fraction of sp³-hybridized carbons (Fsp3) is 0.444. The molecular weight excluding hydrogens is 376 g/mol. The van der Waals surface area contributed by atoms with Gasteiger partial charge in [-0.1, -0.05) is 6.07 Å². The monoisotopic (exact) mass is 396 g/mol. The maximum absolute atomic E-state index is 12.0. The van der Waals surface area contributed by atoms with E-state index in [0.717, 1.165) is 13.2 Å². The third kappa shape index (κ3) is 3.80. The van der Waals surface area contributed by atoms with Crippen molar-refractivity contribution < 1.29 is 49.0 Å². The normalized spacial score (nSPS) is 31.7. The molecule has 2 aliphatic rings. The quantitative estimate of drug-likeness (QED) is 0.289. The Morgan fingerprint density at radius 3 is 2.68 bits per heavy atom. The van der Waals surface area contributed by atoms with Gasteiger partial charge in [0.25, 0.3) is 5.79 Å². The van der Waals surface area contributed by atoms with Gasteiger partial charge in [0.2, 0.25) is 0 Å². The van der Waals surface area contributed by atoms with E-state index in [-0.39, 0.29) is 24.5 Å². The van der Waals surface area contributed by atoms with Gasteiger partial charge in [-0.05, 0) is 23.8 Å². The Balaban J connectivity index is 1.62. The lowest BCUT2D eigenvalue weighted by molar-refractivity contribution is -0.246. The Morgan fingerprint density at radius 1 is 1.25 bits per heavy atom. The number of hydrogen-bond acceptors (Lipinski definition) is 10. The molecule has 10 nitrogen and oxygen atoms in total. The maximum Gasteiger partial charge on any atom is 0.366 e. The molecule has 2 saturated heterocycles. The van der Waals surface area contributed by atoms with E-state index >= 15 is 0 Å². The number of phenols is 2. The molecule has 0 aliphatic carbocycles. The van der Waals surface area contributed by atoms with Crippen molar-refractivity contribution in [3.05, 3.63) is 29.8 Å². The highest BCUT2D eigenvalue weighted by molar-refractivity contribution is 5.87. The minimum absolute atomic E-state index is 0.287. The summed E-state index contributed by atoms with van der Waals surface area (Å²) in [6.07, 6.45) is -2.50. The number of esters is 2. The smallest absolute Gasteiger partial charge is 0.366 e. The van der Waals surface area contributed by atoms with Crippen molar-refractivity contribution in [3.63, 3.8) is 0 Å². The molecule has 5 unspecified atom stereocenters. The minimum Gasteiger partial charge on any atom is -0.504 e. The van der Waals surface area contributed by atoms with Crippen LogP contribution in [0.15, 0.2) is 24.3 Å². The van der Waals surface area contributed by atoms with Crippen molar-refractivity contribution in [3.8, 4) is 11.5 Å². The standard InChI is InChI=1S/C18H20O10/c1-25-17(24)18-7-12(21)15(23)16(28-18)13(27-18)8-26-14(22)5-3-9-2-4-10(19)11(20)6-9/h2-6,12-13,15-16,19-21,23H,7-8H2,1H3/b5-3+. The van der Waals surface area contributed by atoms with E-state index in [9.17, 15) is 30.0 Å². The van der Waals surface area contributed by atoms with Gasteiger partial charge < -0.3 is 39.4 Å². The predicted octanol–water partition coefficient (Wildman–Crippen LogP) is -0.567. The van der Waals surface area contributed by atoms with Crippen LogP contribution in [0.25, 0.3) is 6.08 Å². The second kappa shape index (κ2) is 7.76. The van der Waals surface area contributed by atoms with Gasteiger partial charge in [-0.2, -0.15) is 0 Å². The zero-order valence-electron chi connectivity index (χ0n) is 14.8. The largest absolute Gasteiger partial charge is 0.504 e. The number of aromatic hydroxyl groups is 2. The number of methoxy groups -OCH3 is 1. The first-order valence-corrected chi connectivity index (χ1v) is 8.43. The summed E-state index contributed by atoms with van der Waals surface area (Å²) < 4.78 is 20.7. The van der Waals surface area contributed by atoms with Gasteiger partial charge in [0.15, 0.2) is 11.5 Å². The molecule has 0 amide bonds. The Morgan fingerprint density at radius 2 is 2.00 bits per heavy atom. The van der Waals surface area contributed by atoms with Gasteiger partial charge in [-0.3, -0.25) is 0 Å². The van der Waals surface area contributed by atoms with Crippen LogP contribution in [-0.4, -0.2) is 76.3 Å². The van der Waals surface area contributed by atoms with Crippen molar-refractivity contribution in [2.24, 2.45) is 0 Å². The molecule has 28 heavy (non-hydrogen) atoms. The first-order valence-electron chi connectivity index (χ1n) is 8.43. The number of phenolic OH excluding ortho intramolecular Hbond substituents is 2. The zero-order chi connectivity index (χ0) is 20.5. The van der Waals surface area contributed by atoms with Crippen LogP contribution in [-0.2, 0) is 28.5 Å². The minimum atomic E-state index is -1.85. The highest BCUT2D eigenvalue weighted by Gasteiger charge is 2.62. The van der Waals surface area contributed by atoms with Crippen LogP contribution in [0, 0.1) is 0 Å². The van der Waals surface area contributed by atoms with Gasteiger partial charge in [0, 0.05) is 12.5 Å². The number of carbonyl (C=O) groups is 2. The second-order valence-corrected chi connectivity index (χ2v) is 6.46. The molecule has 5 atom stereocenters. The highest BCUT2D eigenvalue weighted by Crippen LogP contribution is 2.41. The van der Waals surface area contributed by atoms with Crippen LogP contribution in [0.3, 0.4) is 0 Å². The number of carbonyl (C=O) groups excluding carboxylic acids is 2. The van der Waals surface area contributed by atoms with Gasteiger partial charge in [-0.15, -0.1) is 0 Å². The molecule has 2 fully saturated rings. The van der Waals surface area contributed by atoms with E-state index in [2.05, 4.69) is 4.74 Å². The number of aliphatic hydroxyl groups is 2. The number of benzene rings is 1. The molecule has 2 heterocycles. The van der Waals surface area contributed by atoms with Crippen LogP contribution in [0.1, 0.15) is 12.0 Å². The average molecular weight is 396 g/mol. The van der Waals surface area contributed by atoms with Crippen molar-refractivity contribution in [2.75, 3.05) is 13.7 Å². The summed E-state index contributed by atoms with van der Waals surface area (Å²) in [7, 11) is 1.13. The number of rotatable bonds is 5. The van der Waals surface area contributed by atoms with Gasteiger partial charge >= 0.3 is 11.9 Å². The summed E-state index contributed by atoms with van der Waals surface area (Å²) in [4.78, 5) is 23.9. The average Bonchev–Trinajstić information content (AvgIpc) is 3.00.